The van der Waals surface area contributed by atoms with E-state index in [0.29, 0.717) is 39.1 Å². The van der Waals surface area contributed by atoms with Crippen molar-refractivity contribution < 1.29 is 22.5 Å². The fourth-order valence-corrected chi connectivity index (χ4v) is 10.7. The van der Waals surface area contributed by atoms with Gasteiger partial charge in [0.2, 0.25) is 0 Å². The van der Waals surface area contributed by atoms with Crippen molar-refractivity contribution in [1.82, 2.24) is 0 Å². The molecule has 0 aliphatic carbocycles. The van der Waals surface area contributed by atoms with E-state index < -0.39 is 27.0 Å². The molecule has 5 aromatic carbocycles. The molecule has 7 heteroatoms. The van der Waals surface area contributed by atoms with Crippen molar-refractivity contribution in [3.05, 3.63) is 136 Å². The maximum Gasteiger partial charge on any atom is 0.343 e. The van der Waals surface area contributed by atoms with E-state index in [4.69, 9.17) is 4.74 Å². The summed E-state index contributed by atoms with van der Waals surface area (Å²) in [5.41, 5.74) is 7.87. The number of esters is 1. The topological polar surface area (TPSA) is 80.7 Å². The van der Waals surface area contributed by atoms with Crippen molar-refractivity contribution in [1.29, 1.82) is 0 Å². The summed E-state index contributed by atoms with van der Waals surface area (Å²) in [6.07, 6.45) is 0. The van der Waals surface area contributed by atoms with Gasteiger partial charge in [-0.1, -0.05) is 95.1 Å². The van der Waals surface area contributed by atoms with E-state index in [1.807, 2.05) is 45.9 Å². The van der Waals surface area contributed by atoms with E-state index in [-0.39, 0.29) is 22.6 Å². The summed E-state index contributed by atoms with van der Waals surface area (Å²) in [6, 6.07) is 29.5. The Bertz CT molecular complexity index is 2100. The Kier molecular flexibility index (Phi) is 11.4. The van der Waals surface area contributed by atoms with Crippen LogP contribution in [-0.4, -0.2) is 18.9 Å². The second-order valence-electron chi connectivity index (χ2n) is 14.3. The molecule has 0 amide bonds. The maximum atomic E-state index is 14.0. The molecule has 0 aliphatic heterocycles. The molecule has 5 nitrogen and oxygen atoms in total. The Morgan fingerprint density at radius 3 is 1.51 bits per heavy atom. The first-order valence-corrected chi connectivity index (χ1v) is 20.1. The van der Waals surface area contributed by atoms with Crippen LogP contribution in [-0.2, 0) is 21.0 Å². The van der Waals surface area contributed by atoms with Crippen LogP contribution in [0.1, 0.15) is 109 Å². The molecule has 0 spiro atoms. The van der Waals surface area contributed by atoms with Crippen LogP contribution in [0.5, 0.6) is 5.75 Å². The zero-order valence-corrected chi connectivity index (χ0v) is 32.9. The van der Waals surface area contributed by atoms with E-state index in [1.54, 1.807) is 24.3 Å². The quantitative estimate of drug-likeness (QED) is 0.0672. The Morgan fingerprint density at radius 1 is 0.647 bits per heavy atom. The third-order valence-electron chi connectivity index (χ3n) is 9.18. The Balaban J connectivity index is 1.98. The lowest BCUT2D eigenvalue weighted by Crippen LogP contribution is -2.20. The van der Waals surface area contributed by atoms with Gasteiger partial charge in [0.1, 0.15) is 21.5 Å². The SMILES string of the molecule is Cc1ccc([S+](c2ccc(C)cc2)c2c(-c3cc(C)c(OC(=O)c4ccccc4)c(C)c3)c(S(=O)(=O)O)c(C(C)C)c(C(C)C)c2C(C)C)cc1. The van der Waals surface area contributed by atoms with Crippen LogP contribution in [0.15, 0.2) is 111 Å². The number of hydrogen-bond acceptors (Lipinski definition) is 4. The molecule has 0 atom stereocenters. The average molecular weight is 722 g/mol. The molecular weight excluding hydrogens is 673 g/mol. The number of carbonyl (C=O) groups is 1. The number of rotatable bonds is 10. The highest BCUT2D eigenvalue weighted by Crippen LogP contribution is 2.51. The van der Waals surface area contributed by atoms with Crippen LogP contribution in [0, 0.1) is 27.7 Å². The molecule has 1 N–H and O–H groups in total. The van der Waals surface area contributed by atoms with Crippen molar-refractivity contribution >= 4 is 27.0 Å². The van der Waals surface area contributed by atoms with Crippen LogP contribution < -0.4 is 4.74 Å². The first-order chi connectivity index (χ1) is 24.0. The summed E-state index contributed by atoms with van der Waals surface area (Å²) in [4.78, 5) is 16.1. The number of carbonyl (C=O) groups excluding carboxylic acids is 1. The van der Waals surface area contributed by atoms with Gasteiger partial charge in [0.05, 0.1) is 11.1 Å². The van der Waals surface area contributed by atoms with Crippen molar-refractivity contribution in [3.63, 3.8) is 0 Å². The van der Waals surface area contributed by atoms with E-state index >= 15 is 0 Å². The third-order valence-corrected chi connectivity index (χ3v) is 12.4. The predicted molar refractivity (Wildman–Crippen MR) is 209 cm³/mol. The summed E-state index contributed by atoms with van der Waals surface area (Å²) in [5.74, 6) is -0.273. The molecule has 0 bridgehead atoms. The zero-order chi connectivity index (χ0) is 37.4. The smallest absolute Gasteiger partial charge is 0.343 e. The second kappa shape index (κ2) is 15.2. The van der Waals surface area contributed by atoms with Crippen molar-refractivity contribution in [2.45, 2.75) is 107 Å². The molecule has 0 fully saturated rings. The molecule has 5 aromatic rings. The van der Waals surface area contributed by atoms with Gasteiger partial charge >= 0.3 is 5.97 Å². The predicted octanol–water partition coefficient (Wildman–Crippen LogP) is 11.5. The van der Waals surface area contributed by atoms with E-state index in [0.717, 1.165) is 36.9 Å². The first kappa shape index (κ1) is 38.1. The van der Waals surface area contributed by atoms with Crippen LogP contribution in [0.2, 0.25) is 0 Å². The summed E-state index contributed by atoms with van der Waals surface area (Å²) in [5, 5.41) is 0. The molecule has 0 radical (unpaired) electrons. The minimum absolute atomic E-state index is 0.0169. The van der Waals surface area contributed by atoms with Crippen LogP contribution in [0.25, 0.3) is 11.1 Å². The molecule has 0 unspecified atom stereocenters. The summed E-state index contributed by atoms with van der Waals surface area (Å²) in [6.45, 7) is 20.4. The van der Waals surface area contributed by atoms with Crippen LogP contribution in [0.3, 0.4) is 0 Å². The summed E-state index contributed by atoms with van der Waals surface area (Å²) >= 11 is 0. The first-order valence-electron chi connectivity index (χ1n) is 17.5. The molecule has 0 heterocycles. The van der Waals surface area contributed by atoms with E-state index in [2.05, 4.69) is 90.1 Å². The minimum atomic E-state index is -4.76. The van der Waals surface area contributed by atoms with Crippen LogP contribution >= 0.6 is 0 Å². The van der Waals surface area contributed by atoms with E-state index in [9.17, 15) is 17.8 Å². The van der Waals surface area contributed by atoms with Crippen molar-refractivity contribution in [2.75, 3.05) is 0 Å². The van der Waals surface area contributed by atoms with Gasteiger partial charge in [0, 0.05) is 5.56 Å². The second-order valence-corrected chi connectivity index (χ2v) is 17.7. The largest absolute Gasteiger partial charge is 0.422 e. The molecule has 266 valence electrons. The zero-order valence-electron chi connectivity index (χ0n) is 31.3. The lowest BCUT2D eigenvalue weighted by Gasteiger charge is -2.30. The average Bonchev–Trinajstić information content (AvgIpc) is 3.06. The molecule has 0 saturated carbocycles. The molecular formula is C44H49O5S2+. The van der Waals surface area contributed by atoms with Crippen LogP contribution in [0.4, 0.5) is 0 Å². The van der Waals surface area contributed by atoms with Gasteiger partial charge in [-0.3, -0.25) is 4.55 Å². The third kappa shape index (κ3) is 7.86. The number of benzene rings is 5. The molecule has 5 rings (SSSR count). The standard InChI is InChI=1S/C44H48O5S2/c1-26(2)37-38(27(3)4)42(50(35-20-16-29(7)17-21-35)36-22-18-30(8)19-23-36)40(43(51(46,47)48)39(37)28(5)6)34-24-31(9)41(32(10)25-34)49-44(45)33-14-12-11-13-15-33/h11-28H,1-10H3/p+1. The van der Waals surface area contributed by atoms with Gasteiger partial charge in [-0.05, 0) is 122 Å². The fourth-order valence-electron chi connectivity index (χ4n) is 6.97. The Morgan fingerprint density at radius 2 is 1.10 bits per heavy atom. The fraction of sp³-hybridized carbons (Fsp3) is 0.295. The van der Waals surface area contributed by atoms with Gasteiger partial charge in [0.25, 0.3) is 10.1 Å². The van der Waals surface area contributed by atoms with Gasteiger partial charge in [-0.2, -0.15) is 8.42 Å². The maximum absolute atomic E-state index is 14.0. The highest BCUT2D eigenvalue weighted by Gasteiger charge is 2.43. The van der Waals surface area contributed by atoms with Crippen molar-refractivity contribution in [3.8, 4) is 16.9 Å². The number of hydrogen-bond donors (Lipinski definition) is 1. The summed E-state index contributed by atoms with van der Waals surface area (Å²) in [7, 11) is -5.54. The number of aryl methyl sites for hydroxylation is 4. The van der Waals surface area contributed by atoms with Crippen molar-refractivity contribution in [2.24, 2.45) is 0 Å². The van der Waals surface area contributed by atoms with Gasteiger partial charge < -0.3 is 4.74 Å². The monoisotopic (exact) mass is 721 g/mol. The highest BCUT2D eigenvalue weighted by molar-refractivity contribution is 7.97. The lowest BCUT2D eigenvalue weighted by atomic mass is 9.80. The molecule has 51 heavy (non-hydrogen) atoms. The van der Waals surface area contributed by atoms with Gasteiger partial charge in [-0.15, -0.1) is 0 Å². The Hall–Kier alpha value is -4.17. The highest BCUT2D eigenvalue weighted by atomic mass is 32.2. The molecule has 0 aliphatic rings. The van der Waals surface area contributed by atoms with Gasteiger partial charge in [0.15, 0.2) is 14.7 Å². The van der Waals surface area contributed by atoms with Gasteiger partial charge in [-0.25, -0.2) is 4.79 Å². The summed E-state index contributed by atoms with van der Waals surface area (Å²) < 4.78 is 45.3. The minimum Gasteiger partial charge on any atom is -0.422 e. The number of ether oxygens (including phenoxy) is 1. The molecule has 0 aromatic heterocycles. The van der Waals surface area contributed by atoms with E-state index in [1.165, 1.54) is 0 Å². The Labute approximate surface area is 307 Å². The molecule has 0 saturated heterocycles. The normalized spacial score (nSPS) is 12.0. The lowest BCUT2D eigenvalue weighted by molar-refractivity contribution is 0.0732.